The van der Waals surface area contributed by atoms with Crippen molar-refractivity contribution < 1.29 is 19.1 Å². The van der Waals surface area contributed by atoms with Crippen molar-refractivity contribution in [2.45, 2.75) is 51.9 Å². The van der Waals surface area contributed by atoms with E-state index in [-0.39, 0.29) is 23.8 Å². The summed E-state index contributed by atoms with van der Waals surface area (Å²) in [7, 11) is 0. The fourth-order valence-electron chi connectivity index (χ4n) is 3.38. The monoisotopic (exact) mass is 311 g/mol. The molecule has 22 heavy (non-hydrogen) atoms. The minimum atomic E-state index is -0.0640. The summed E-state index contributed by atoms with van der Waals surface area (Å²) in [6.45, 7) is 5.30. The lowest BCUT2D eigenvalue weighted by molar-refractivity contribution is -0.150. The maximum absolute atomic E-state index is 12.0. The van der Waals surface area contributed by atoms with Gasteiger partial charge in [0.2, 0.25) is 0 Å². The minimum absolute atomic E-state index is 0.0129. The number of hydrogen-bond donors (Lipinski definition) is 0. The second-order valence-electron chi connectivity index (χ2n) is 6.37. The van der Waals surface area contributed by atoms with Gasteiger partial charge in [0, 0.05) is 6.54 Å². The summed E-state index contributed by atoms with van der Waals surface area (Å²) < 4.78 is 10.5. The van der Waals surface area contributed by atoms with Gasteiger partial charge in [0.25, 0.3) is 0 Å². The maximum Gasteiger partial charge on any atom is 0.309 e. The van der Waals surface area contributed by atoms with Crippen molar-refractivity contribution in [1.29, 1.82) is 0 Å². The second kappa shape index (κ2) is 9.13. The Morgan fingerprint density at radius 2 is 1.50 bits per heavy atom. The molecule has 0 amide bonds. The molecular weight excluding hydrogens is 282 g/mol. The SMILES string of the molecule is CCOC(=O)C1CCN(CCOC(=O)C2CCCCC2)CC1. The Morgan fingerprint density at radius 3 is 2.14 bits per heavy atom. The highest BCUT2D eigenvalue weighted by Crippen LogP contribution is 2.24. The van der Waals surface area contributed by atoms with Crippen molar-refractivity contribution in [2.75, 3.05) is 32.8 Å². The van der Waals surface area contributed by atoms with Gasteiger partial charge in [-0.15, -0.1) is 0 Å². The molecule has 1 saturated carbocycles. The first kappa shape index (κ1) is 17.3. The zero-order chi connectivity index (χ0) is 15.8. The predicted molar refractivity (Wildman–Crippen MR) is 83.3 cm³/mol. The molecule has 2 fully saturated rings. The average molecular weight is 311 g/mol. The maximum atomic E-state index is 12.0. The predicted octanol–water partition coefficient (Wildman–Crippen LogP) is 2.38. The largest absolute Gasteiger partial charge is 0.466 e. The molecule has 0 N–H and O–H groups in total. The summed E-state index contributed by atoms with van der Waals surface area (Å²) >= 11 is 0. The molecule has 2 aliphatic rings. The molecule has 126 valence electrons. The number of piperidine rings is 1. The van der Waals surface area contributed by atoms with Crippen molar-refractivity contribution in [1.82, 2.24) is 4.90 Å². The van der Waals surface area contributed by atoms with E-state index in [9.17, 15) is 9.59 Å². The topological polar surface area (TPSA) is 55.8 Å². The molecule has 0 spiro atoms. The summed E-state index contributed by atoms with van der Waals surface area (Å²) in [4.78, 5) is 25.9. The van der Waals surface area contributed by atoms with E-state index >= 15 is 0 Å². The molecule has 5 heteroatoms. The summed E-state index contributed by atoms with van der Waals surface area (Å²) in [5, 5.41) is 0. The first-order chi connectivity index (χ1) is 10.7. The van der Waals surface area contributed by atoms with Crippen molar-refractivity contribution in [3.63, 3.8) is 0 Å². The molecule has 1 aliphatic carbocycles. The van der Waals surface area contributed by atoms with Crippen LogP contribution in [0.4, 0.5) is 0 Å². The minimum Gasteiger partial charge on any atom is -0.466 e. The molecule has 0 unspecified atom stereocenters. The van der Waals surface area contributed by atoms with E-state index < -0.39 is 0 Å². The van der Waals surface area contributed by atoms with Crippen LogP contribution < -0.4 is 0 Å². The van der Waals surface area contributed by atoms with Crippen LogP contribution in [0.15, 0.2) is 0 Å². The number of hydrogen-bond acceptors (Lipinski definition) is 5. The molecule has 0 aromatic carbocycles. The Hall–Kier alpha value is -1.10. The van der Waals surface area contributed by atoms with Crippen molar-refractivity contribution >= 4 is 11.9 Å². The van der Waals surface area contributed by atoms with E-state index in [2.05, 4.69) is 4.90 Å². The van der Waals surface area contributed by atoms with E-state index in [0.29, 0.717) is 13.2 Å². The molecule has 5 nitrogen and oxygen atoms in total. The van der Waals surface area contributed by atoms with Gasteiger partial charge >= 0.3 is 11.9 Å². The average Bonchev–Trinajstić information content (AvgIpc) is 2.56. The number of rotatable bonds is 6. The van der Waals surface area contributed by atoms with Crippen LogP contribution in [-0.2, 0) is 19.1 Å². The van der Waals surface area contributed by atoms with Gasteiger partial charge in [0.1, 0.15) is 6.61 Å². The molecule has 1 saturated heterocycles. The molecule has 1 heterocycles. The lowest BCUT2D eigenvalue weighted by Crippen LogP contribution is -2.39. The lowest BCUT2D eigenvalue weighted by atomic mass is 9.89. The zero-order valence-corrected chi connectivity index (χ0v) is 13.7. The fraction of sp³-hybridized carbons (Fsp3) is 0.882. The van der Waals surface area contributed by atoms with Gasteiger partial charge in [-0.05, 0) is 45.7 Å². The molecule has 1 aliphatic heterocycles. The third-order valence-electron chi connectivity index (χ3n) is 4.80. The molecule has 0 bridgehead atoms. The first-order valence-corrected chi connectivity index (χ1v) is 8.76. The molecule has 0 aromatic rings. The number of carbonyl (C=O) groups is 2. The van der Waals surface area contributed by atoms with E-state index in [1.165, 1.54) is 6.42 Å². The normalized spacial score (nSPS) is 21.5. The van der Waals surface area contributed by atoms with Crippen LogP contribution in [0.25, 0.3) is 0 Å². The highest BCUT2D eigenvalue weighted by atomic mass is 16.5. The number of nitrogens with zero attached hydrogens (tertiary/aromatic N) is 1. The van der Waals surface area contributed by atoms with Crippen LogP contribution in [0.3, 0.4) is 0 Å². The van der Waals surface area contributed by atoms with Gasteiger partial charge in [-0.2, -0.15) is 0 Å². The van der Waals surface area contributed by atoms with E-state index in [4.69, 9.17) is 9.47 Å². The molecule has 2 rings (SSSR count). The van der Waals surface area contributed by atoms with Crippen LogP contribution in [0, 0.1) is 11.8 Å². The third-order valence-corrected chi connectivity index (χ3v) is 4.80. The molecule has 0 atom stereocenters. The number of likely N-dealkylation sites (tertiary alicyclic amines) is 1. The van der Waals surface area contributed by atoms with Crippen molar-refractivity contribution in [2.24, 2.45) is 11.8 Å². The van der Waals surface area contributed by atoms with E-state index in [0.717, 1.165) is 58.2 Å². The Balaban J connectivity index is 1.58. The highest BCUT2D eigenvalue weighted by molar-refractivity contribution is 5.72. The summed E-state index contributed by atoms with van der Waals surface area (Å²) in [6.07, 6.45) is 7.22. The first-order valence-electron chi connectivity index (χ1n) is 8.76. The lowest BCUT2D eigenvalue weighted by Gasteiger charge is -2.30. The highest BCUT2D eigenvalue weighted by Gasteiger charge is 2.26. The van der Waals surface area contributed by atoms with Gasteiger partial charge in [0.05, 0.1) is 18.4 Å². The summed E-state index contributed by atoms with van der Waals surface area (Å²) in [6, 6.07) is 0. The molecule has 0 radical (unpaired) electrons. The van der Waals surface area contributed by atoms with Crippen LogP contribution in [0.2, 0.25) is 0 Å². The fourth-order valence-corrected chi connectivity index (χ4v) is 3.38. The Labute approximate surface area is 133 Å². The Bertz CT molecular complexity index is 358. The third kappa shape index (κ3) is 5.27. The standard InChI is InChI=1S/C17H29NO4/c1-2-21-16(19)15-8-10-18(11-9-15)12-13-22-17(20)14-6-4-3-5-7-14/h14-15H,2-13H2,1H3. The van der Waals surface area contributed by atoms with Gasteiger partial charge in [0.15, 0.2) is 0 Å². The van der Waals surface area contributed by atoms with E-state index in [1.54, 1.807) is 0 Å². The van der Waals surface area contributed by atoms with Gasteiger partial charge < -0.3 is 9.47 Å². The van der Waals surface area contributed by atoms with Crippen molar-refractivity contribution in [3.05, 3.63) is 0 Å². The zero-order valence-electron chi connectivity index (χ0n) is 13.7. The molecular formula is C17H29NO4. The molecule has 0 aromatic heterocycles. The summed E-state index contributed by atoms with van der Waals surface area (Å²) in [5.74, 6) is 0.0938. The number of ether oxygens (including phenoxy) is 2. The number of carbonyl (C=O) groups excluding carboxylic acids is 2. The second-order valence-corrected chi connectivity index (χ2v) is 6.37. The quantitative estimate of drug-likeness (QED) is 0.705. The van der Waals surface area contributed by atoms with Gasteiger partial charge in [-0.3, -0.25) is 14.5 Å². The van der Waals surface area contributed by atoms with Gasteiger partial charge in [-0.1, -0.05) is 19.3 Å². The van der Waals surface area contributed by atoms with Crippen LogP contribution in [0.5, 0.6) is 0 Å². The van der Waals surface area contributed by atoms with Crippen molar-refractivity contribution in [3.8, 4) is 0 Å². The van der Waals surface area contributed by atoms with E-state index in [1.807, 2.05) is 6.92 Å². The van der Waals surface area contributed by atoms with Gasteiger partial charge in [-0.25, -0.2) is 0 Å². The van der Waals surface area contributed by atoms with Crippen LogP contribution in [0.1, 0.15) is 51.9 Å². The summed E-state index contributed by atoms with van der Waals surface area (Å²) in [5.41, 5.74) is 0. The Kier molecular flexibility index (Phi) is 7.16. The Morgan fingerprint density at radius 1 is 0.909 bits per heavy atom. The smallest absolute Gasteiger partial charge is 0.309 e. The van der Waals surface area contributed by atoms with Crippen LogP contribution in [-0.4, -0.2) is 49.7 Å². The van der Waals surface area contributed by atoms with Crippen LogP contribution >= 0.6 is 0 Å². The number of esters is 2.